The number of hydrogen-bond acceptors (Lipinski definition) is 3. The molecule has 0 aliphatic heterocycles. The van der Waals surface area contributed by atoms with Crippen molar-refractivity contribution in [2.24, 2.45) is 11.8 Å². The second-order valence-electron chi connectivity index (χ2n) is 11.7. The highest BCUT2D eigenvalue weighted by Crippen LogP contribution is 2.36. The third kappa shape index (κ3) is 10.2. The maximum atomic E-state index is 5.39. The van der Waals surface area contributed by atoms with E-state index < -0.39 is 0 Å². The molecule has 0 spiro atoms. The van der Waals surface area contributed by atoms with Crippen LogP contribution in [0.5, 0.6) is 0 Å². The van der Waals surface area contributed by atoms with E-state index in [1.165, 1.54) is 59.5 Å². The van der Waals surface area contributed by atoms with Crippen LogP contribution in [0.1, 0.15) is 114 Å². The highest BCUT2D eigenvalue weighted by atomic mass is 32.1. The van der Waals surface area contributed by atoms with Gasteiger partial charge in [-0.15, -0.1) is 17.9 Å². The van der Waals surface area contributed by atoms with Gasteiger partial charge in [-0.05, 0) is 69.0 Å². The summed E-state index contributed by atoms with van der Waals surface area (Å²) in [4.78, 5) is 7.86. The quantitative estimate of drug-likeness (QED) is 0.181. The molecule has 37 heavy (non-hydrogen) atoms. The molecule has 2 nitrogen and oxygen atoms in total. The standard InChI is InChI=1S/C34H54N2S/c1-10-13-15-30(23-33(26(6)7)36(9)20-12-3)34-35-32(24-37-34)31(21-27(8)25(4)5)22-29-18-16-28(14-11-2)17-19-29/h12,16-19,24,26-27,30-31,33H,3-4,10-11,13-15,20-23H2,1-2,5-9H3. The zero-order valence-corrected chi connectivity index (χ0v) is 25.7. The summed E-state index contributed by atoms with van der Waals surface area (Å²) >= 11 is 1.90. The summed E-state index contributed by atoms with van der Waals surface area (Å²) < 4.78 is 0. The second kappa shape index (κ2) is 16.3. The lowest BCUT2D eigenvalue weighted by Gasteiger charge is -2.33. The van der Waals surface area contributed by atoms with E-state index in [0.717, 1.165) is 25.8 Å². The summed E-state index contributed by atoms with van der Waals surface area (Å²) in [6.45, 7) is 22.9. The van der Waals surface area contributed by atoms with E-state index in [1.807, 2.05) is 17.4 Å². The predicted molar refractivity (Wildman–Crippen MR) is 166 cm³/mol. The topological polar surface area (TPSA) is 16.1 Å². The van der Waals surface area contributed by atoms with Crippen molar-refractivity contribution in [3.8, 4) is 0 Å². The first-order valence-electron chi connectivity index (χ1n) is 14.7. The second-order valence-corrected chi connectivity index (χ2v) is 12.6. The van der Waals surface area contributed by atoms with Crippen molar-refractivity contribution in [3.05, 3.63) is 76.3 Å². The zero-order chi connectivity index (χ0) is 27.4. The number of likely N-dealkylation sites (N-methyl/N-ethyl adjacent to an activating group) is 1. The minimum absolute atomic E-state index is 0.421. The largest absolute Gasteiger partial charge is 0.300 e. The minimum atomic E-state index is 0.421. The molecule has 0 amide bonds. The number of aryl methyl sites for hydroxylation is 1. The van der Waals surface area contributed by atoms with Gasteiger partial charge in [0.15, 0.2) is 0 Å². The summed E-state index contributed by atoms with van der Waals surface area (Å²) in [5.74, 6) is 2.03. The third-order valence-corrected chi connectivity index (χ3v) is 9.04. The van der Waals surface area contributed by atoms with Crippen molar-refractivity contribution >= 4 is 11.3 Å². The van der Waals surface area contributed by atoms with Crippen LogP contribution in [-0.4, -0.2) is 29.5 Å². The molecule has 1 heterocycles. The molecule has 0 fully saturated rings. The Morgan fingerprint density at radius 2 is 1.70 bits per heavy atom. The molecule has 0 aliphatic carbocycles. The van der Waals surface area contributed by atoms with Crippen LogP contribution in [0, 0.1) is 11.8 Å². The molecular formula is C34H54N2S. The summed E-state index contributed by atoms with van der Waals surface area (Å²) in [6, 6.07) is 9.84. The molecule has 4 atom stereocenters. The molecule has 0 aliphatic rings. The Balaban J connectivity index is 2.31. The molecule has 206 valence electrons. The van der Waals surface area contributed by atoms with Gasteiger partial charge in [0.05, 0.1) is 10.7 Å². The van der Waals surface area contributed by atoms with E-state index in [-0.39, 0.29) is 0 Å². The maximum Gasteiger partial charge on any atom is 0.0959 e. The SMILES string of the molecule is C=CCN(C)C(CC(CCCC)c1nc(C(Cc2ccc(CCC)cc2)CC(C)C(=C)C)cs1)C(C)C. The Kier molecular flexibility index (Phi) is 13.9. The first-order chi connectivity index (χ1) is 17.7. The van der Waals surface area contributed by atoms with Crippen molar-refractivity contribution < 1.29 is 0 Å². The number of rotatable bonds is 18. The van der Waals surface area contributed by atoms with Crippen LogP contribution < -0.4 is 0 Å². The molecular weight excluding hydrogens is 468 g/mol. The fourth-order valence-corrected chi connectivity index (χ4v) is 6.46. The average molecular weight is 523 g/mol. The lowest BCUT2D eigenvalue weighted by Crippen LogP contribution is -2.37. The van der Waals surface area contributed by atoms with Gasteiger partial charge in [-0.3, -0.25) is 4.90 Å². The third-order valence-electron chi connectivity index (χ3n) is 8.02. The number of allylic oxidation sites excluding steroid dienone is 1. The van der Waals surface area contributed by atoms with E-state index in [2.05, 4.69) is 96.3 Å². The lowest BCUT2D eigenvalue weighted by molar-refractivity contribution is 0.185. The molecule has 0 N–H and O–H groups in total. The Morgan fingerprint density at radius 3 is 2.27 bits per heavy atom. The molecule has 0 radical (unpaired) electrons. The monoisotopic (exact) mass is 522 g/mol. The van der Waals surface area contributed by atoms with Gasteiger partial charge in [0.2, 0.25) is 0 Å². The Labute approximate surface area is 233 Å². The van der Waals surface area contributed by atoms with E-state index in [9.17, 15) is 0 Å². The summed E-state index contributed by atoms with van der Waals surface area (Å²) in [6.07, 6.45) is 11.4. The first-order valence-corrected chi connectivity index (χ1v) is 15.6. The molecule has 4 unspecified atom stereocenters. The minimum Gasteiger partial charge on any atom is -0.300 e. The van der Waals surface area contributed by atoms with Crippen LogP contribution in [0.15, 0.2) is 54.5 Å². The fraction of sp³-hybridized carbons (Fsp3) is 0.618. The normalized spacial score (nSPS) is 15.1. The lowest BCUT2D eigenvalue weighted by atomic mass is 9.85. The van der Waals surface area contributed by atoms with Gasteiger partial charge in [-0.2, -0.15) is 0 Å². The number of hydrogen-bond donors (Lipinski definition) is 0. The van der Waals surface area contributed by atoms with Crippen molar-refractivity contribution in [3.63, 3.8) is 0 Å². The number of thiazole rings is 1. The fourth-order valence-electron chi connectivity index (χ4n) is 5.41. The highest BCUT2D eigenvalue weighted by molar-refractivity contribution is 7.09. The van der Waals surface area contributed by atoms with Crippen LogP contribution in [0.3, 0.4) is 0 Å². The number of unbranched alkanes of at least 4 members (excludes halogenated alkanes) is 1. The molecule has 1 aromatic carbocycles. The van der Waals surface area contributed by atoms with Crippen LogP contribution in [-0.2, 0) is 12.8 Å². The average Bonchev–Trinajstić information content (AvgIpc) is 3.35. The Bertz CT molecular complexity index is 926. The van der Waals surface area contributed by atoms with Crippen molar-refractivity contribution in [1.82, 2.24) is 9.88 Å². The van der Waals surface area contributed by atoms with Crippen LogP contribution in [0.4, 0.5) is 0 Å². The molecule has 2 aromatic rings. The van der Waals surface area contributed by atoms with E-state index >= 15 is 0 Å². The highest BCUT2D eigenvalue weighted by Gasteiger charge is 2.27. The summed E-state index contributed by atoms with van der Waals surface area (Å²) in [5.41, 5.74) is 5.41. The Morgan fingerprint density at radius 1 is 1.03 bits per heavy atom. The van der Waals surface area contributed by atoms with Crippen molar-refractivity contribution in [1.29, 1.82) is 0 Å². The van der Waals surface area contributed by atoms with Gasteiger partial charge >= 0.3 is 0 Å². The maximum absolute atomic E-state index is 5.39. The number of aromatic nitrogens is 1. The number of nitrogens with zero attached hydrogens (tertiary/aromatic N) is 2. The smallest absolute Gasteiger partial charge is 0.0959 e. The molecule has 0 bridgehead atoms. The van der Waals surface area contributed by atoms with E-state index in [4.69, 9.17) is 4.98 Å². The first kappa shape index (κ1) is 31.5. The van der Waals surface area contributed by atoms with Crippen LogP contribution in [0.25, 0.3) is 0 Å². The zero-order valence-electron chi connectivity index (χ0n) is 24.9. The number of benzene rings is 1. The molecule has 0 saturated heterocycles. The van der Waals surface area contributed by atoms with Gasteiger partial charge in [0.1, 0.15) is 0 Å². The van der Waals surface area contributed by atoms with Gasteiger partial charge in [0.25, 0.3) is 0 Å². The van der Waals surface area contributed by atoms with Gasteiger partial charge < -0.3 is 0 Å². The molecule has 0 saturated carbocycles. The van der Waals surface area contributed by atoms with Crippen molar-refractivity contribution in [2.45, 2.75) is 111 Å². The van der Waals surface area contributed by atoms with Crippen LogP contribution in [0.2, 0.25) is 0 Å². The molecule has 1 aromatic heterocycles. The predicted octanol–water partition coefficient (Wildman–Crippen LogP) is 9.83. The van der Waals surface area contributed by atoms with Gasteiger partial charge in [0, 0.05) is 29.8 Å². The van der Waals surface area contributed by atoms with Gasteiger partial charge in [-0.25, -0.2) is 4.98 Å². The molecule has 3 heteroatoms. The Hall–Kier alpha value is -1.71. The van der Waals surface area contributed by atoms with E-state index in [0.29, 0.717) is 29.7 Å². The van der Waals surface area contributed by atoms with Gasteiger partial charge in [-0.1, -0.05) is 96.4 Å². The summed E-state index contributed by atoms with van der Waals surface area (Å²) in [5, 5.41) is 3.71. The molecule has 2 rings (SSSR count). The van der Waals surface area contributed by atoms with E-state index in [1.54, 1.807) is 0 Å². The summed E-state index contributed by atoms with van der Waals surface area (Å²) in [7, 11) is 2.25. The van der Waals surface area contributed by atoms with Crippen LogP contribution >= 0.6 is 11.3 Å². The van der Waals surface area contributed by atoms with Crippen molar-refractivity contribution in [2.75, 3.05) is 13.6 Å².